The summed E-state index contributed by atoms with van der Waals surface area (Å²) < 4.78 is 17.9. The van der Waals surface area contributed by atoms with E-state index in [1.165, 1.54) is 19.2 Å². The number of methoxy groups -OCH3 is 1. The minimum atomic E-state index is -0.260. The average molecular weight is 305 g/mol. The van der Waals surface area contributed by atoms with Gasteiger partial charge in [-0.05, 0) is 50.6 Å². The Hall–Kier alpha value is -1.95. The molecule has 22 heavy (non-hydrogen) atoms. The van der Waals surface area contributed by atoms with Crippen molar-refractivity contribution in [2.45, 2.75) is 31.7 Å². The van der Waals surface area contributed by atoms with Crippen molar-refractivity contribution in [2.75, 3.05) is 20.2 Å². The van der Waals surface area contributed by atoms with Gasteiger partial charge < -0.3 is 9.72 Å². The second-order valence-electron chi connectivity index (χ2n) is 5.66. The van der Waals surface area contributed by atoms with Crippen LogP contribution in [0.1, 0.15) is 37.5 Å². The van der Waals surface area contributed by atoms with Crippen molar-refractivity contribution < 1.29 is 13.9 Å². The Morgan fingerprint density at radius 1 is 1.55 bits per heavy atom. The molecule has 118 valence electrons. The molecule has 2 aromatic rings. The summed E-state index contributed by atoms with van der Waals surface area (Å²) >= 11 is 0. The highest BCUT2D eigenvalue weighted by atomic mass is 19.1. The number of imidazole rings is 1. The summed E-state index contributed by atoms with van der Waals surface area (Å²) in [7, 11) is 1.41. The molecule has 1 aliphatic heterocycles. The average Bonchev–Trinajstić information content (AvgIpc) is 3.12. The Morgan fingerprint density at radius 2 is 2.41 bits per heavy atom. The zero-order chi connectivity index (χ0) is 15.5. The van der Waals surface area contributed by atoms with Crippen LogP contribution < -0.4 is 0 Å². The van der Waals surface area contributed by atoms with Crippen molar-refractivity contribution in [3.63, 3.8) is 0 Å². The number of carbonyl (C=O) groups is 1. The predicted molar refractivity (Wildman–Crippen MR) is 80.8 cm³/mol. The summed E-state index contributed by atoms with van der Waals surface area (Å²) in [6.07, 6.45) is 3.35. The molecule has 1 unspecified atom stereocenters. The van der Waals surface area contributed by atoms with Crippen LogP contribution in [0.2, 0.25) is 0 Å². The fourth-order valence-electron chi connectivity index (χ4n) is 3.09. The van der Waals surface area contributed by atoms with Gasteiger partial charge in [0.2, 0.25) is 0 Å². The van der Waals surface area contributed by atoms with Crippen molar-refractivity contribution in [1.82, 2.24) is 14.9 Å². The van der Waals surface area contributed by atoms with Crippen LogP contribution in [0.3, 0.4) is 0 Å². The highest BCUT2D eigenvalue weighted by Gasteiger charge is 2.28. The number of aromatic nitrogens is 2. The third-order valence-electron chi connectivity index (χ3n) is 4.20. The molecule has 1 aromatic carbocycles. The third kappa shape index (κ3) is 3.11. The van der Waals surface area contributed by atoms with Gasteiger partial charge in [0, 0.05) is 6.42 Å². The molecule has 0 spiro atoms. The maximum atomic E-state index is 13.3. The number of halogens is 1. The molecule has 6 heteroatoms. The largest absolute Gasteiger partial charge is 0.469 e. The fourth-order valence-corrected chi connectivity index (χ4v) is 3.09. The van der Waals surface area contributed by atoms with E-state index in [-0.39, 0.29) is 17.8 Å². The molecular weight excluding hydrogens is 285 g/mol. The summed E-state index contributed by atoms with van der Waals surface area (Å²) in [6.45, 7) is 1.84. The van der Waals surface area contributed by atoms with Gasteiger partial charge in [0.25, 0.3) is 0 Å². The number of hydrogen-bond acceptors (Lipinski definition) is 4. The van der Waals surface area contributed by atoms with Crippen molar-refractivity contribution in [2.24, 2.45) is 0 Å². The molecule has 1 saturated heterocycles. The number of fused-ring (bicyclic) bond motifs is 1. The van der Waals surface area contributed by atoms with Crippen molar-refractivity contribution in [1.29, 1.82) is 0 Å². The molecule has 1 fully saturated rings. The summed E-state index contributed by atoms with van der Waals surface area (Å²) in [5.41, 5.74) is 1.52. The van der Waals surface area contributed by atoms with Gasteiger partial charge in [-0.25, -0.2) is 9.37 Å². The molecule has 0 bridgehead atoms. The lowest BCUT2D eigenvalue weighted by molar-refractivity contribution is -0.140. The fraction of sp³-hybridized carbons (Fsp3) is 0.500. The molecule has 3 rings (SSSR count). The number of aromatic amines is 1. The topological polar surface area (TPSA) is 58.2 Å². The molecule has 2 heterocycles. The quantitative estimate of drug-likeness (QED) is 0.863. The van der Waals surface area contributed by atoms with Crippen molar-refractivity contribution in [3.05, 3.63) is 29.8 Å². The number of ether oxygens (including phenoxy) is 1. The van der Waals surface area contributed by atoms with Gasteiger partial charge in [0.05, 0.1) is 24.2 Å². The van der Waals surface area contributed by atoms with Crippen molar-refractivity contribution >= 4 is 17.0 Å². The molecule has 0 saturated carbocycles. The minimum Gasteiger partial charge on any atom is -0.469 e. The lowest BCUT2D eigenvalue weighted by atomic mass is 10.2. The van der Waals surface area contributed by atoms with E-state index in [1.54, 1.807) is 6.07 Å². The van der Waals surface area contributed by atoms with E-state index in [0.29, 0.717) is 6.42 Å². The summed E-state index contributed by atoms with van der Waals surface area (Å²) in [5.74, 6) is 0.454. The molecule has 1 atom stereocenters. The number of rotatable bonds is 5. The lowest BCUT2D eigenvalue weighted by Gasteiger charge is -2.22. The van der Waals surface area contributed by atoms with Crippen LogP contribution in [0.4, 0.5) is 4.39 Å². The lowest BCUT2D eigenvalue weighted by Crippen LogP contribution is -2.25. The number of nitrogens with one attached hydrogen (secondary N) is 1. The third-order valence-corrected chi connectivity index (χ3v) is 4.20. The second kappa shape index (κ2) is 6.44. The van der Waals surface area contributed by atoms with Gasteiger partial charge in [0.15, 0.2) is 0 Å². The first-order valence-corrected chi connectivity index (χ1v) is 7.63. The molecule has 1 aromatic heterocycles. The molecule has 1 aliphatic rings. The van der Waals surface area contributed by atoms with Crippen LogP contribution in [-0.4, -0.2) is 41.0 Å². The van der Waals surface area contributed by atoms with E-state index in [9.17, 15) is 9.18 Å². The molecule has 0 amide bonds. The first-order valence-electron chi connectivity index (χ1n) is 7.63. The molecular formula is C16H20FN3O2. The van der Waals surface area contributed by atoms with Crippen LogP contribution in [0, 0.1) is 5.82 Å². The van der Waals surface area contributed by atoms with Gasteiger partial charge in [-0.15, -0.1) is 0 Å². The number of H-pyrrole nitrogens is 1. The van der Waals surface area contributed by atoms with Crippen LogP contribution in [0.15, 0.2) is 18.2 Å². The molecule has 5 nitrogen and oxygen atoms in total. The first kappa shape index (κ1) is 15.0. The highest BCUT2D eigenvalue weighted by Crippen LogP contribution is 2.31. The molecule has 1 N–H and O–H groups in total. The standard InChI is InChI=1S/C16H20FN3O2/c1-22-15(21)5-3-9-20-8-2-4-14(20)16-18-12-7-6-11(17)10-13(12)19-16/h6-7,10,14H,2-5,8-9H2,1H3,(H,18,19). The van der Waals surface area contributed by atoms with E-state index < -0.39 is 0 Å². The van der Waals surface area contributed by atoms with Crippen LogP contribution in [-0.2, 0) is 9.53 Å². The second-order valence-corrected chi connectivity index (χ2v) is 5.66. The number of likely N-dealkylation sites (tertiary alicyclic amines) is 1. The summed E-state index contributed by atoms with van der Waals surface area (Å²) in [4.78, 5) is 21.3. The Kier molecular flexibility index (Phi) is 4.38. The van der Waals surface area contributed by atoms with E-state index in [0.717, 1.165) is 49.2 Å². The van der Waals surface area contributed by atoms with E-state index in [1.807, 2.05) is 0 Å². The molecule has 0 aliphatic carbocycles. The normalized spacial score (nSPS) is 18.9. The summed E-state index contributed by atoms with van der Waals surface area (Å²) in [6, 6.07) is 4.81. The number of benzene rings is 1. The van der Waals surface area contributed by atoms with Gasteiger partial charge in [-0.3, -0.25) is 9.69 Å². The van der Waals surface area contributed by atoms with Gasteiger partial charge in [0.1, 0.15) is 11.6 Å². The van der Waals surface area contributed by atoms with E-state index >= 15 is 0 Å². The number of hydrogen-bond donors (Lipinski definition) is 1. The Bertz CT molecular complexity index is 670. The maximum absolute atomic E-state index is 13.3. The zero-order valence-electron chi connectivity index (χ0n) is 12.6. The Morgan fingerprint density at radius 3 is 3.23 bits per heavy atom. The predicted octanol–water partition coefficient (Wildman–Crippen LogP) is 2.79. The van der Waals surface area contributed by atoms with Crippen molar-refractivity contribution in [3.8, 4) is 0 Å². The van der Waals surface area contributed by atoms with Gasteiger partial charge in [-0.2, -0.15) is 0 Å². The maximum Gasteiger partial charge on any atom is 0.305 e. The number of nitrogens with zero attached hydrogens (tertiary/aromatic N) is 2. The first-order chi connectivity index (χ1) is 10.7. The smallest absolute Gasteiger partial charge is 0.305 e. The Labute approximate surface area is 128 Å². The number of esters is 1. The van der Waals surface area contributed by atoms with E-state index in [2.05, 4.69) is 19.6 Å². The van der Waals surface area contributed by atoms with Crippen LogP contribution >= 0.6 is 0 Å². The highest BCUT2D eigenvalue weighted by molar-refractivity contribution is 5.75. The Balaban J connectivity index is 1.69. The van der Waals surface area contributed by atoms with Crippen LogP contribution in [0.5, 0.6) is 0 Å². The summed E-state index contributed by atoms with van der Waals surface area (Å²) in [5, 5.41) is 0. The van der Waals surface area contributed by atoms with Gasteiger partial charge in [-0.1, -0.05) is 0 Å². The minimum absolute atomic E-state index is 0.171. The number of carbonyl (C=O) groups excluding carboxylic acids is 1. The zero-order valence-corrected chi connectivity index (χ0v) is 12.6. The SMILES string of the molecule is COC(=O)CCCN1CCCC1c1nc2ccc(F)cc2[nH]1. The van der Waals surface area contributed by atoms with Gasteiger partial charge >= 0.3 is 5.97 Å². The van der Waals surface area contributed by atoms with Crippen LogP contribution in [0.25, 0.3) is 11.0 Å². The molecule has 0 radical (unpaired) electrons. The monoisotopic (exact) mass is 305 g/mol. The van der Waals surface area contributed by atoms with E-state index in [4.69, 9.17) is 0 Å².